The van der Waals surface area contributed by atoms with Gasteiger partial charge in [0.25, 0.3) is 0 Å². The van der Waals surface area contributed by atoms with Gasteiger partial charge >= 0.3 is 0 Å². The molecule has 0 aliphatic carbocycles. The van der Waals surface area contributed by atoms with E-state index in [1.807, 2.05) is 6.20 Å². The highest BCUT2D eigenvalue weighted by Gasteiger charge is 2.17. The van der Waals surface area contributed by atoms with Gasteiger partial charge in [-0.15, -0.1) is 0 Å². The van der Waals surface area contributed by atoms with Gasteiger partial charge in [0.15, 0.2) is 5.96 Å². The molecule has 2 N–H and O–H groups in total. The molecular formula is C22H37N5O2. The average molecular weight is 404 g/mol. The third-order valence-electron chi connectivity index (χ3n) is 5.69. The summed E-state index contributed by atoms with van der Waals surface area (Å²) in [7, 11) is 1.79. The fraction of sp³-hybridized carbons (Fsp3) is 0.727. The molecule has 0 radical (unpaired) electrons. The van der Waals surface area contributed by atoms with E-state index in [0.717, 1.165) is 75.4 Å². The third kappa shape index (κ3) is 7.48. The molecule has 0 aromatic carbocycles. The van der Waals surface area contributed by atoms with Gasteiger partial charge in [0, 0.05) is 52.6 Å². The molecular weight excluding hydrogens is 366 g/mol. The molecule has 0 spiro atoms. The molecule has 29 heavy (non-hydrogen) atoms. The molecule has 2 saturated heterocycles. The Labute approximate surface area is 175 Å². The van der Waals surface area contributed by atoms with Gasteiger partial charge in [0.05, 0.1) is 12.7 Å². The summed E-state index contributed by atoms with van der Waals surface area (Å²) >= 11 is 0. The molecule has 7 heteroatoms. The normalized spacial score (nSPS) is 20.8. The van der Waals surface area contributed by atoms with Crippen LogP contribution in [0.3, 0.4) is 0 Å². The highest BCUT2D eigenvalue weighted by atomic mass is 16.5. The summed E-state index contributed by atoms with van der Waals surface area (Å²) in [4.78, 5) is 11.3. The van der Waals surface area contributed by atoms with Crippen molar-refractivity contribution in [2.24, 2.45) is 10.9 Å². The van der Waals surface area contributed by atoms with Crippen molar-refractivity contribution in [3.05, 3.63) is 23.9 Å². The van der Waals surface area contributed by atoms with Crippen LogP contribution in [-0.2, 0) is 16.0 Å². The lowest BCUT2D eigenvalue weighted by Crippen LogP contribution is -2.37. The molecule has 1 aromatic heterocycles. The van der Waals surface area contributed by atoms with Crippen molar-refractivity contribution in [1.29, 1.82) is 0 Å². The standard InChI is InChI=1S/C22H37N5O2/c1-18-8-11-27(12-9-18)21-7-6-19(15-25-21)16-26-22(23-2)24-10-4-13-28-17-20-5-3-14-29-20/h6-7,15,18,20H,3-5,8-14,16-17H2,1-2H3,(H2,23,24,26). The Morgan fingerprint density at radius 3 is 2.83 bits per heavy atom. The lowest BCUT2D eigenvalue weighted by atomic mass is 9.99. The molecule has 1 aromatic rings. The van der Waals surface area contributed by atoms with Gasteiger partial charge in [-0.3, -0.25) is 4.99 Å². The maximum atomic E-state index is 5.69. The van der Waals surface area contributed by atoms with E-state index in [2.05, 4.69) is 44.6 Å². The Balaban J connectivity index is 1.29. The molecule has 2 aliphatic heterocycles. The predicted molar refractivity (Wildman–Crippen MR) is 117 cm³/mol. The number of piperidine rings is 1. The topological polar surface area (TPSA) is 71.0 Å². The largest absolute Gasteiger partial charge is 0.379 e. The van der Waals surface area contributed by atoms with Crippen molar-refractivity contribution in [2.45, 2.75) is 51.7 Å². The molecule has 3 rings (SSSR count). The third-order valence-corrected chi connectivity index (χ3v) is 5.69. The molecule has 0 bridgehead atoms. The number of hydrogen-bond donors (Lipinski definition) is 2. The lowest BCUT2D eigenvalue weighted by Gasteiger charge is -2.31. The summed E-state index contributed by atoms with van der Waals surface area (Å²) in [5, 5.41) is 6.68. The van der Waals surface area contributed by atoms with E-state index in [4.69, 9.17) is 9.47 Å². The molecule has 162 valence electrons. The Morgan fingerprint density at radius 1 is 1.28 bits per heavy atom. The number of aliphatic imine (C=N–C) groups is 1. The minimum absolute atomic E-state index is 0.302. The number of hydrogen-bond acceptors (Lipinski definition) is 5. The van der Waals surface area contributed by atoms with Crippen molar-refractivity contribution in [2.75, 3.05) is 51.4 Å². The zero-order valence-corrected chi connectivity index (χ0v) is 18.0. The molecule has 1 atom stereocenters. The van der Waals surface area contributed by atoms with Crippen molar-refractivity contribution in [3.8, 4) is 0 Å². The smallest absolute Gasteiger partial charge is 0.191 e. The first-order chi connectivity index (χ1) is 14.2. The van der Waals surface area contributed by atoms with E-state index in [1.54, 1.807) is 7.05 Å². The summed E-state index contributed by atoms with van der Waals surface area (Å²) in [6, 6.07) is 4.29. The number of ether oxygens (including phenoxy) is 2. The van der Waals surface area contributed by atoms with Gasteiger partial charge < -0.3 is 25.0 Å². The molecule has 7 nitrogen and oxygen atoms in total. The van der Waals surface area contributed by atoms with Gasteiger partial charge in [-0.2, -0.15) is 0 Å². The van der Waals surface area contributed by atoms with Crippen LogP contribution >= 0.6 is 0 Å². The number of pyridine rings is 1. The first kappa shape index (κ1) is 21.8. The quantitative estimate of drug-likeness (QED) is 0.375. The van der Waals surface area contributed by atoms with Crippen LogP contribution in [0.2, 0.25) is 0 Å². The number of aromatic nitrogens is 1. The van der Waals surface area contributed by atoms with Gasteiger partial charge in [-0.1, -0.05) is 13.0 Å². The van der Waals surface area contributed by atoms with E-state index < -0.39 is 0 Å². The first-order valence-electron chi connectivity index (χ1n) is 11.1. The summed E-state index contributed by atoms with van der Waals surface area (Å²) in [5.74, 6) is 2.73. The SMILES string of the molecule is CN=C(NCCCOCC1CCCO1)NCc1ccc(N2CCC(C)CC2)nc1. The number of nitrogens with zero attached hydrogens (tertiary/aromatic N) is 3. The Bertz CT molecular complexity index is 608. The number of guanidine groups is 1. The highest BCUT2D eigenvalue weighted by Crippen LogP contribution is 2.21. The van der Waals surface area contributed by atoms with E-state index in [0.29, 0.717) is 19.3 Å². The second-order valence-electron chi connectivity index (χ2n) is 8.11. The van der Waals surface area contributed by atoms with Gasteiger partial charge in [-0.25, -0.2) is 4.98 Å². The molecule has 0 saturated carbocycles. The number of nitrogens with one attached hydrogen (secondary N) is 2. The van der Waals surface area contributed by atoms with Crippen LogP contribution < -0.4 is 15.5 Å². The molecule has 2 fully saturated rings. The van der Waals surface area contributed by atoms with Gasteiger partial charge in [0.2, 0.25) is 0 Å². The zero-order valence-electron chi connectivity index (χ0n) is 18.0. The average Bonchev–Trinajstić information content (AvgIpc) is 3.27. The van der Waals surface area contributed by atoms with Gasteiger partial charge in [0.1, 0.15) is 5.82 Å². The maximum Gasteiger partial charge on any atom is 0.191 e. The van der Waals surface area contributed by atoms with E-state index >= 15 is 0 Å². The van der Waals surface area contributed by atoms with Gasteiger partial charge in [-0.05, 0) is 49.7 Å². The minimum Gasteiger partial charge on any atom is -0.379 e. The summed E-state index contributed by atoms with van der Waals surface area (Å²) in [6.07, 6.45) is 8.01. The monoisotopic (exact) mass is 403 g/mol. The van der Waals surface area contributed by atoms with Crippen LogP contribution in [-0.4, -0.2) is 63.6 Å². The minimum atomic E-state index is 0.302. The molecule has 2 aliphatic rings. The second kappa shape index (κ2) is 12.0. The Morgan fingerprint density at radius 2 is 2.14 bits per heavy atom. The van der Waals surface area contributed by atoms with E-state index in [-0.39, 0.29) is 0 Å². The zero-order chi connectivity index (χ0) is 20.3. The number of rotatable bonds is 9. The van der Waals surface area contributed by atoms with Crippen molar-refractivity contribution < 1.29 is 9.47 Å². The Kier molecular flexibility index (Phi) is 9.02. The fourth-order valence-corrected chi connectivity index (χ4v) is 3.72. The fourth-order valence-electron chi connectivity index (χ4n) is 3.72. The van der Waals surface area contributed by atoms with Crippen LogP contribution in [0.4, 0.5) is 5.82 Å². The summed E-state index contributed by atoms with van der Waals surface area (Å²) < 4.78 is 11.2. The number of anilines is 1. The Hall–Kier alpha value is -1.86. The summed E-state index contributed by atoms with van der Waals surface area (Å²) in [6.45, 7) is 8.43. The van der Waals surface area contributed by atoms with Crippen molar-refractivity contribution >= 4 is 11.8 Å². The lowest BCUT2D eigenvalue weighted by molar-refractivity contribution is 0.0168. The van der Waals surface area contributed by atoms with Crippen LogP contribution in [0.25, 0.3) is 0 Å². The molecule has 1 unspecified atom stereocenters. The van der Waals surface area contributed by atoms with Crippen LogP contribution in [0, 0.1) is 5.92 Å². The second-order valence-corrected chi connectivity index (χ2v) is 8.11. The highest BCUT2D eigenvalue weighted by molar-refractivity contribution is 5.79. The maximum absolute atomic E-state index is 5.69. The van der Waals surface area contributed by atoms with Crippen LogP contribution in [0.15, 0.2) is 23.3 Å². The van der Waals surface area contributed by atoms with Crippen molar-refractivity contribution in [3.63, 3.8) is 0 Å². The molecule has 3 heterocycles. The van der Waals surface area contributed by atoms with E-state index in [1.165, 1.54) is 12.8 Å². The van der Waals surface area contributed by atoms with Crippen LogP contribution in [0.1, 0.15) is 44.6 Å². The van der Waals surface area contributed by atoms with E-state index in [9.17, 15) is 0 Å². The summed E-state index contributed by atoms with van der Waals surface area (Å²) in [5.41, 5.74) is 1.15. The van der Waals surface area contributed by atoms with Crippen molar-refractivity contribution in [1.82, 2.24) is 15.6 Å². The first-order valence-corrected chi connectivity index (χ1v) is 11.1. The molecule has 0 amide bonds. The van der Waals surface area contributed by atoms with Crippen LogP contribution in [0.5, 0.6) is 0 Å². The predicted octanol–water partition coefficient (Wildman–Crippen LogP) is 2.57.